The van der Waals surface area contributed by atoms with E-state index in [4.69, 9.17) is 0 Å². The molecule has 0 radical (unpaired) electrons. The summed E-state index contributed by atoms with van der Waals surface area (Å²) in [6, 6.07) is 24.7. The molecular formula is C22H17NO. The Morgan fingerprint density at radius 2 is 1.62 bits per heavy atom. The highest BCUT2D eigenvalue weighted by molar-refractivity contribution is 6.17. The Labute approximate surface area is 141 Å². The number of rotatable bonds is 1. The molecule has 0 spiro atoms. The lowest BCUT2D eigenvalue weighted by Crippen LogP contribution is -2.43. The molecule has 0 N–H and O–H groups in total. The summed E-state index contributed by atoms with van der Waals surface area (Å²) < 4.78 is 0. The highest BCUT2D eigenvalue weighted by Gasteiger charge is 2.56. The van der Waals surface area contributed by atoms with Crippen LogP contribution in [0, 0.1) is 6.92 Å². The SMILES string of the molecule is Cc1ccc2c(c1)N1c3ccccc3C(=O)C1(c1ccccc1)C2. The smallest absolute Gasteiger partial charge is 0.195 e. The maximum absolute atomic E-state index is 13.5. The van der Waals surface area contributed by atoms with Crippen LogP contribution in [0.1, 0.15) is 27.0 Å². The van der Waals surface area contributed by atoms with Crippen molar-refractivity contribution in [3.63, 3.8) is 0 Å². The molecule has 1 atom stereocenters. The van der Waals surface area contributed by atoms with Gasteiger partial charge in [0.05, 0.1) is 5.69 Å². The van der Waals surface area contributed by atoms with E-state index in [2.05, 4.69) is 48.2 Å². The number of benzene rings is 3. The van der Waals surface area contributed by atoms with Gasteiger partial charge in [0.1, 0.15) is 5.54 Å². The highest BCUT2D eigenvalue weighted by atomic mass is 16.1. The van der Waals surface area contributed by atoms with E-state index in [0.717, 1.165) is 28.9 Å². The van der Waals surface area contributed by atoms with Crippen LogP contribution in [0.5, 0.6) is 0 Å². The van der Waals surface area contributed by atoms with Gasteiger partial charge in [0.15, 0.2) is 5.78 Å². The summed E-state index contributed by atoms with van der Waals surface area (Å²) in [7, 11) is 0. The van der Waals surface area contributed by atoms with Crippen LogP contribution in [-0.2, 0) is 12.0 Å². The molecule has 2 nitrogen and oxygen atoms in total. The van der Waals surface area contributed by atoms with Crippen LogP contribution in [0.2, 0.25) is 0 Å². The van der Waals surface area contributed by atoms with Crippen molar-refractivity contribution in [2.75, 3.05) is 4.90 Å². The second kappa shape index (κ2) is 4.57. The number of fused-ring (bicyclic) bond motifs is 5. The van der Waals surface area contributed by atoms with Gasteiger partial charge < -0.3 is 4.90 Å². The van der Waals surface area contributed by atoms with Crippen molar-refractivity contribution in [2.24, 2.45) is 0 Å². The van der Waals surface area contributed by atoms with E-state index >= 15 is 0 Å². The molecule has 2 aliphatic heterocycles. The summed E-state index contributed by atoms with van der Waals surface area (Å²) in [5.41, 5.74) is 5.91. The summed E-state index contributed by atoms with van der Waals surface area (Å²) in [6.07, 6.45) is 0.722. The first-order chi connectivity index (χ1) is 11.7. The topological polar surface area (TPSA) is 20.3 Å². The van der Waals surface area contributed by atoms with Crippen LogP contribution in [0.15, 0.2) is 72.8 Å². The van der Waals surface area contributed by atoms with Crippen LogP contribution >= 0.6 is 0 Å². The molecule has 0 saturated carbocycles. The number of anilines is 2. The third kappa shape index (κ3) is 1.53. The van der Waals surface area contributed by atoms with Crippen molar-refractivity contribution in [2.45, 2.75) is 18.9 Å². The first kappa shape index (κ1) is 13.6. The van der Waals surface area contributed by atoms with Crippen LogP contribution < -0.4 is 4.90 Å². The Morgan fingerprint density at radius 3 is 2.46 bits per heavy atom. The molecule has 0 amide bonds. The van der Waals surface area contributed by atoms with E-state index in [1.165, 1.54) is 11.1 Å². The third-order valence-electron chi connectivity index (χ3n) is 5.33. The molecule has 2 aliphatic rings. The number of Topliss-reactive ketones (excluding diaryl/α,β-unsaturated/α-hetero) is 1. The Bertz CT molecular complexity index is 976. The van der Waals surface area contributed by atoms with Gasteiger partial charge in [-0.2, -0.15) is 0 Å². The van der Waals surface area contributed by atoms with E-state index in [0.29, 0.717) is 0 Å². The number of nitrogens with zero attached hydrogens (tertiary/aromatic N) is 1. The van der Waals surface area contributed by atoms with Gasteiger partial charge in [-0.25, -0.2) is 0 Å². The monoisotopic (exact) mass is 311 g/mol. The minimum absolute atomic E-state index is 0.207. The molecule has 5 rings (SSSR count). The van der Waals surface area contributed by atoms with E-state index in [-0.39, 0.29) is 5.78 Å². The fourth-order valence-corrected chi connectivity index (χ4v) is 4.27. The second-order valence-corrected chi connectivity index (χ2v) is 6.72. The van der Waals surface area contributed by atoms with Crippen molar-refractivity contribution >= 4 is 17.2 Å². The van der Waals surface area contributed by atoms with Gasteiger partial charge in [-0.15, -0.1) is 0 Å². The second-order valence-electron chi connectivity index (χ2n) is 6.72. The van der Waals surface area contributed by atoms with Crippen LogP contribution in [0.25, 0.3) is 0 Å². The van der Waals surface area contributed by atoms with Gasteiger partial charge >= 0.3 is 0 Å². The standard InChI is InChI=1S/C22H17NO/c1-15-11-12-16-14-22(17-7-3-2-4-8-17)21(24)18-9-5-6-10-19(18)23(22)20(16)13-15/h2-13H,14H2,1H3. The third-order valence-corrected chi connectivity index (χ3v) is 5.33. The number of para-hydroxylation sites is 1. The predicted molar refractivity (Wildman–Crippen MR) is 95.9 cm³/mol. The van der Waals surface area contributed by atoms with Crippen LogP contribution in [0.4, 0.5) is 11.4 Å². The summed E-state index contributed by atoms with van der Waals surface area (Å²) in [6.45, 7) is 2.10. The molecule has 1 unspecified atom stereocenters. The first-order valence-corrected chi connectivity index (χ1v) is 8.31. The number of carbonyl (C=O) groups is 1. The Hall–Kier alpha value is -2.87. The normalized spacial score (nSPS) is 20.7. The zero-order valence-electron chi connectivity index (χ0n) is 13.5. The summed E-state index contributed by atoms with van der Waals surface area (Å²) >= 11 is 0. The lowest BCUT2D eigenvalue weighted by molar-refractivity contribution is 0.0909. The molecule has 116 valence electrons. The van der Waals surface area contributed by atoms with E-state index < -0.39 is 5.54 Å². The fourth-order valence-electron chi connectivity index (χ4n) is 4.27. The van der Waals surface area contributed by atoms with Gasteiger partial charge in [-0.3, -0.25) is 4.79 Å². The first-order valence-electron chi connectivity index (χ1n) is 8.31. The lowest BCUT2D eigenvalue weighted by Gasteiger charge is -2.33. The van der Waals surface area contributed by atoms with Crippen molar-refractivity contribution in [3.8, 4) is 0 Å². The van der Waals surface area contributed by atoms with E-state index in [1.54, 1.807) is 0 Å². The molecule has 0 aromatic heterocycles. The van der Waals surface area contributed by atoms with Gasteiger partial charge in [0.25, 0.3) is 0 Å². The van der Waals surface area contributed by atoms with Gasteiger partial charge in [0.2, 0.25) is 0 Å². The van der Waals surface area contributed by atoms with Crippen molar-refractivity contribution in [3.05, 3.63) is 95.1 Å². The number of hydrogen-bond acceptors (Lipinski definition) is 2. The van der Waals surface area contributed by atoms with E-state index in [1.807, 2.05) is 36.4 Å². The quantitative estimate of drug-likeness (QED) is 0.644. The number of ketones is 1. The lowest BCUT2D eigenvalue weighted by atomic mass is 9.82. The molecule has 24 heavy (non-hydrogen) atoms. The molecule has 3 aromatic rings. The van der Waals surface area contributed by atoms with Crippen molar-refractivity contribution in [1.82, 2.24) is 0 Å². The molecular weight excluding hydrogens is 294 g/mol. The predicted octanol–water partition coefficient (Wildman–Crippen LogP) is 4.78. The zero-order chi connectivity index (χ0) is 16.3. The Morgan fingerprint density at radius 1 is 0.875 bits per heavy atom. The van der Waals surface area contributed by atoms with Gasteiger partial charge in [-0.05, 0) is 41.8 Å². The van der Waals surface area contributed by atoms with Crippen molar-refractivity contribution < 1.29 is 4.79 Å². The summed E-state index contributed by atoms with van der Waals surface area (Å²) in [5.74, 6) is 0.207. The van der Waals surface area contributed by atoms with Crippen LogP contribution in [0.3, 0.4) is 0 Å². The van der Waals surface area contributed by atoms with Crippen LogP contribution in [-0.4, -0.2) is 5.78 Å². The maximum Gasteiger partial charge on any atom is 0.195 e. The molecule has 2 heteroatoms. The minimum Gasteiger partial charge on any atom is -0.322 e. The van der Waals surface area contributed by atoms with Gasteiger partial charge in [0, 0.05) is 17.7 Å². The van der Waals surface area contributed by atoms with Gasteiger partial charge in [-0.1, -0.05) is 54.6 Å². The number of aryl methyl sites for hydroxylation is 1. The fraction of sp³-hybridized carbons (Fsp3) is 0.136. The molecule has 0 fully saturated rings. The Kier molecular flexibility index (Phi) is 2.58. The number of carbonyl (C=O) groups excluding carboxylic acids is 1. The molecule has 3 aromatic carbocycles. The Balaban J connectivity index is 1.85. The maximum atomic E-state index is 13.5. The average molecular weight is 311 g/mol. The molecule has 2 heterocycles. The largest absolute Gasteiger partial charge is 0.322 e. The van der Waals surface area contributed by atoms with E-state index in [9.17, 15) is 4.79 Å². The zero-order valence-corrected chi connectivity index (χ0v) is 13.5. The molecule has 0 aliphatic carbocycles. The summed E-state index contributed by atoms with van der Waals surface area (Å²) in [5, 5.41) is 0. The summed E-state index contributed by atoms with van der Waals surface area (Å²) in [4.78, 5) is 15.8. The minimum atomic E-state index is -0.638. The molecule has 0 saturated heterocycles. The highest BCUT2D eigenvalue weighted by Crippen LogP contribution is 2.56. The molecule has 0 bridgehead atoms. The van der Waals surface area contributed by atoms with Crippen molar-refractivity contribution in [1.29, 1.82) is 0 Å². The number of hydrogen-bond donors (Lipinski definition) is 0. The average Bonchev–Trinajstić information content (AvgIpc) is 3.08.